The van der Waals surface area contributed by atoms with Crippen molar-refractivity contribution in [1.82, 2.24) is 68.4 Å². The van der Waals surface area contributed by atoms with Gasteiger partial charge in [-0.25, -0.2) is 4.79 Å². The molecule has 2 bridgehead atoms. The van der Waals surface area contributed by atoms with Gasteiger partial charge in [-0.2, -0.15) is 35.3 Å². The second kappa shape index (κ2) is 69.6. The lowest BCUT2D eigenvalue weighted by Gasteiger charge is -2.32. The van der Waals surface area contributed by atoms with Crippen LogP contribution in [-0.2, 0) is 147 Å². The number of carbonyl (C=O) groups excluding carboxylic acids is 14. The van der Waals surface area contributed by atoms with Gasteiger partial charge >= 0.3 is 6.09 Å². The van der Waals surface area contributed by atoms with E-state index in [1.165, 1.54) is 37.0 Å². The first-order valence-electron chi connectivity index (χ1n) is 45.0. The zero-order valence-corrected chi connectivity index (χ0v) is 81.5. The van der Waals surface area contributed by atoms with Gasteiger partial charge in [0, 0.05) is 103 Å². The van der Waals surface area contributed by atoms with Crippen molar-refractivity contribution in [2.24, 2.45) is 40.3 Å². The zero-order chi connectivity index (χ0) is 100. The highest BCUT2D eigenvalue weighted by molar-refractivity contribution is 8.00. The lowest BCUT2D eigenvalue weighted by Crippen LogP contribution is -2.60. The molecular weight excluding hydrogens is 1890 g/mol. The van der Waals surface area contributed by atoms with Crippen LogP contribution in [0, 0.1) is 23.7 Å². The molecule has 137 heavy (non-hydrogen) atoms. The van der Waals surface area contributed by atoms with Gasteiger partial charge in [0.05, 0.1) is 243 Å². The number of rotatable bonds is 64. The highest BCUT2D eigenvalue weighted by atomic mass is 32.2. The molecule has 5 rings (SSSR count). The summed E-state index contributed by atoms with van der Waals surface area (Å²) in [7, 11) is -2.46. The van der Waals surface area contributed by atoms with Crippen LogP contribution in [0.25, 0.3) is 10.9 Å². The van der Waals surface area contributed by atoms with E-state index in [2.05, 4.69) is 68.6 Å². The average molecular weight is 2020 g/mol. The van der Waals surface area contributed by atoms with Crippen molar-refractivity contribution in [3.05, 3.63) is 35.2 Å². The van der Waals surface area contributed by atoms with E-state index in [0.29, 0.717) is 155 Å². The Kier molecular flexibility index (Phi) is 60.1. The molecule has 0 aliphatic carbocycles. The van der Waals surface area contributed by atoms with Crippen molar-refractivity contribution in [1.29, 1.82) is 0 Å². The molecule has 2 aromatic rings. The first-order valence-corrected chi connectivity index (χ1v) is 50.3. The molecular formula is C85H138N16O32S4. The Labute approximate surface area is 810 Å². The van der Waals surface area contributed by atoms with Crippen molar-refractivity contribution in [3.8, 4) is 5.75 Å². The van der Waals surface area contributed by atoms with Gasteiger partial charge < -0.3 is 162 Å². The molecule has 3 aliphatic heterocycles. The summed E-state index contributed by atoms with van der Waals surface area (Å²) in [6, 6.07) is -4.20. The normalized spacial score (nSPS) is 19.5. The first kappa shape index (κ1) is 118. The summed E-state index contributed by atoms with van der Waals surface area (Å²) in [4.78, 5) is 197. The number of aliphatic hydroxyl groups is 3. The van der Waals surface area contributed by atoms with E-state index in [1.54, 1.807) is 37.4 Å². The number of phenolic OH excluding ortho intramolecular Hbond substituents is 1. The predicted octanol–water partition coefficient (Wildman–Crippen LogP) is -5.64. The number of oxime groups is 1. The number of aliphatic hydroxyl groups excluding tert-OH is 3. The number of hydrogen-bond acceptors (Lipinski definition) is 38. The fourth-order valence-electron chi connectivity index (χ4n) is 13.4. The van der Waals surface area contributed by atoms with E-state index in [1.807, 2.05) is 12.5 Å². The fraction of sp³-hybridized carbons (Fsp3) is 0.706. The summed E-state index contributed by atoms with van der Waals surface area (Å²) in [5.41, 5.74) is 13.1. The number of phenols is 1. The lowest BCUT2D eigenvalue weighted by atomic mass is 9.85. The summed E-state index contributed by atoms with van der Waals surface area (Å²) in [6.45, 7) is 8.33. The number of H-pyrrole nitrogens is 1. The molecule has 20 N–H and O–H groups in total. The molecule has 1 fully saturated rings. The van der Waals surface area contributed by atoms with Crippen LogP contribution in [0.1, 0.15) is 64.0 Å². The zero-order valence-electron chi connectivity index (χ0n) is 78.2. The Hall–Kier alpha value is -9.21. The van der Waals surface area contributed by atoms with Crippen molar-refractivity contribution < 1.29 is 153 Å². The predicted molar refractivity (Wildman–Crippen MR) is 502 cm³/mol. The van der Waals surface area contributed by atoms with Crippen LogP contribution in [0.4, 0.5) is 4.79 Å². The van der Waals surface area contributed by atoms with E-state index in [4.69, 9.17) is 73.1 Å². The second-order valence-corrected chi connectivity index (χ2v) is 35.7. The van der Waals surface area contributed by atoms with Crippen LogP contribution in [0.5, 0.6) is 5.75 Å². The van der Waals surface area contributed by atoms with Gasteiger partial charge in [-0.05, 0) is 42.5 Å². The minimum Gasteiger partial charge on any atom is -0.508 e. The molecule has 12 amide bonds. The molecule has 0 spiro atoms. The third-order valence-corrected chi connectivity index (χ3v) is 24.5. The SMILES string of the molecule is CC[C@H](C)[C@@H]1CC(=O)CNC(=O)[C@H]2CC(=O)[C@H]([C@@H](C)[C@@H](O)CO)NC(=O)[C@@H]3C[C@@H](O)CN3C(=O)[C@H](CC(N)=O)NC(=O)[C@@H](CS(=O)c3[nH]c4c(CSCCOCCOCCOCCOCCOCCOCCOCCOCCOCCOCCOCCN/C=C(\N)COC(=O)NCCNC(=O)CNC(=O)CNC(=O)CNC(=O)CON=C(CSC)CSC)c(O)ccc4c3C2)NC(=O)CNC1=O. The minimum atomic E-state index is -2.46. The van der Waals surface area contributed by atoms with E-state index in [0.717, 1.165) is 10.6 Å². The van der Waals surface area contributed by atoms with Gasteiger partial charge in [0.1, 0.15) is 35.5 Å². The number of primary amides is 1. The molecule has 1 saturated heterocycles. The molecule has 0 radical (unpaired) electrons. The smallest absolute Gasteiger partial charge is 0.407 e. The van der Waals surface area contributed by atoms with Gasteiger partial charge in [-0.3, -0.25) is 66.5 Å². The third-order valence-electron chi connectivity index (χ3n) is 20.9. The van der Waals surface area contributed by atoms with Crippen LogP contribution in [0.15, 0.2) is 34.2 Å². The Morgan fingerprint density at radius 2 is 1.15 bits per heavy atom. The molecule has 0 saturated carbocycles. The van der Waals surface area contributed by atoms with Gasteiger partial charge in [0.25, 0.3) is 5.91 Å². The van der Waals surface area contributed by atoms with E-state index < -0.39 is 231 Å². The van der Waals surface area contributed by atoms with Gasteiger partial charge in [-0.15, -0.1) is 0 Å². The van der Waals surface area contributed by atoms with Crippen molar-refractivity contribution in [2.75, 3.05) is 260 Å². The number of aromatic hydroxyl groups is 1. The van der Waals surface area contributed by atoms with E-state index in [9.17, 15) is 87.5 Å². The van der Waals surface area contributed by atoms with Gasteiger partial charge in [0.15, 0.2) is 18.2 Å². The average Bonchev–Trinajstić information content (AvgIpc) is 1.61. The lowest BCUT2D eigenvalue weighted by molar-refractivity contribution is -0.144. The number of carbonyl (C=O) groups is 14. The summed E-state index contributed by atoms with van der Waals surface area (Å²) in [6.07, 6.45) is -1.01. The number of thioether (sulfide) groups is 3. The number of ether oxygens (including phenoxy) is 12. The summed E-state index contributed by atoms with van der Waals surface area (Å²) in [5.74, 6) is -14.4. The molecule has 48 nitrogen and oxygen atoms in total. The van der Waals surface area contributed by atoms with Gasteiger partial charge in [-0.1, -0.05) is 32.3 Å². The molecule has 11 atom stereocenters. The number of ketones is 2. The highest BCUT2D eigenvalue weighted by Gasteiger charge is 2.46. The van der Waals surface area contributed by atoms with Crippen molar-refractivity contribution >= 4 is 145 Å². The number of hydrogen-bond donors (Lipinski definition) is 18. The maximum atomic E-state index is 15.3. The maximum Gasteiger partial charge on any atom is 0.407 e. The number of alkyl carbamates (subject to hydrolysis) is 1. The molecule has 1 aromatic carbocycles. The number of nitrogens with one attached hydrogen (secondary N) is 12. The first-order chi connectivity index (χ1) is 66.0. The largest absolute Gasteiger partial charge is 0.508 e. The Morgan fingerprint density at radius 1 is 0.628 bits per heavy atom. The number of Topliss-reactive ketones (excluding diaryl/α,β-unsaturated/α-hetero) is 2. The summed E-state index contributed by atoms with van der Waals surface area (Å²) >= 11 is 4.49. The van der Waals surface area contributed by atoms with Crippen LogP contribution >= 0.6 is 35.3 Å². The third kappa shape index (κ3) is 48.0. The molecule has 1 unspecified atom stereocenters. The number of fused-ring (bicyclic) bond motifs is 5. The number of nitrogens with two attached hydrogens (primary N) is 2. The molecule has 1 aromatic heterocycles. The number of nitrogens with zero attached hydrogens (tertiary/aromatic N) is 2. The number of aromatic amines is 1. The highest BCUT2D eigenvalue weighted by Crippen LogP contribution is 2.37. The van der Waals surface area contributed by atoms with Crippen molar-refractivity contribution in [3.63, 3.8) is 0 Å². The van der Waals surface area contributed by atoms with Crippen LogP contribution in [-0.4, -0.2) is 419 Å². The van der Waals surface area contributed by atoms with Gasteiger partial charge in [0.2, 0.25) is 59.1 Å². The summed E-state index contributed by atoms with van der Waals surface area (Å²) < 4.78 is 81.8. The van der Waals surface area contributed by atoms with E-state index in [-0.39, 0.29) is 98.0 Å². The van der Waals surface area contributed by atoms with E-state index >= 15 is 4.21 Å². The standard InChI is InChI=1S/C85H138N16O32S4/c1-6-54(2)62-37-59(103)41-94-79(114)56-35-63-61-7-8-68(105)64(78(61)99-83(63)137(120)53-66(96-75(112)45-95-80(62)115)81(116)97-65(39-71(87)108)84(118)101-46-60(104)38-67(101)82(117)98-77(69(106)36-56)55(3)70(107)47-102)52-136-34-33-131-32-31-130-30-29-129-28-27-128-26-25-127-24-23-126-22-21-125-20-19-124-18-17-123-16-15-122-14-13-121-12-11-88-40-57(86)48-132-85(119)90-10-9-89-72(109)42-91-73(110)43-92-74(111)44-93-76(113)49-133-100-58(50-134-4)51-135-5/h7-8,40,54-56,60,62,65-67,70,77,88,99,102,104-105,107H,6,9-39,41-53,86H2,1-5H3,(H2,87,108)(H,89,109)(H,90,119)(H,91,110)(H,92,111)(H,93,113)(H,94,114)(H,95,115)(H,96,112)(H,97,116)(H,98,117)/b57-40-/t54-,55-,56+,60+,62-,65-,66+,67-,70-,77-,137?/m0/s1. The minimum absolute atomic E-state index is 0.0252. The van der Waals surface area contributed by atoms with Crippen molar-refractivity contribution in [2.45, 2.75) is 106 Å². The Balaban J connectivity index is 0.893. The molecule has 3 aliphatic rings. The second-order valence-electron chi connectivity index (χ2n) is 31.5. The number of amides is 12. The fourth-order valence-corrected chi connectivity index (χ4v) is 16.8. The molecule has 52 heteroatoms. The quantitative estimate of drug-likeness (QED) is 0.0167. The number of benzene rings is 1. The van der Waals surface area contributed by atoms with Crippen LogP contribution < -0.4 is 70.0 Å². The molecule has 4 heterocycles. The van der Waals surface area contributed by atoms with Crippen LogP contribution in [0.3, 0.4) is 0 Å². The summed E-state index contributed by atoms with van der Waals surface area (Å²) in [5, 5.41) is 75.1. The van der Waals surface area contributed by atoms with Crippen LogP contribution in [0.2, 0.25) is 0 Å². The monoisotopic (exact) mass is 2020 g/mol. The molecule has 774 valence electrons. The number of aromatic nitrogens is 1. The maximum absolute atomic E-state index is 15.3. The Morgan fingerprint density at radius 3 is 1.69 bits per heavy atom. The Bertz CT molecular complexity index is 4180. The topological polar surface area (TPSA) is 673 Å².